The highest BCUT2D eigenvalue weighted by Gasteiger charge is 2.18. The number of benzene rings is 2. The summed E-state index contributed by atoms with van der Waals surface area (Å²) in [5, 5.41) is 5.11. The van der Waals surface area contributed by atoms with Crippen LogP contribution >= 0.6 is 0 Å². The Labute approximate surface area is 161 Å². The number of hydrogen-bond donors (Lipinski definition) is 1. The Hall–Kier alpha value is -2.38. The summed E-state index contributed by atoms with van der Waals surface area (Å²) in [6.45, 7) is 4.37. The SMILES string of the molecule is Cc1cccc(OCCCC(=O)N(C)C(C)c2ccc(S(N)(=O)=O)cc2)c1. The van der Waals surface area contributed by atoms with Gasteiger partial charge in [0.1, 0.15) is 5.75 Å². The van der Waals surface area contributed by atoms with Crippen LogP contribution in [0.5, 0.6) is 5.75 Å². The second kappa shape index (κ2) is 9.01. The lowest BCUT2D eigenvalue weighted by atomic mass is 10.1. The molecule has 1 unspecified atom stereocenters. The molecule has 0 spiro atoms. The molecule has 1 atom stereocenters. The number of amides is 1. The number of nitrogens with two attached hydrogens (primary N) is 1. The summed E-state index contributed by atoms with van der Waals surface area (Å²) < 4.78 is 28.3. The molecule has 0 saturated heterocycles. The van der Waals surface area contributed by atoms with Crippen molar-refractivity contribution >= 4 is 15.9 Å². The Morgan fingerprint density at radius 3 is 2.44 bits per heavy atom. The van der Waals surface area contributed by atoms with E-state index in [0.717, 1.165) is 16.9 Å². The minimum absolute atomic E-state index is 0.00543. The standard InChI is InChI=1S/C20H26N2O4S/c1-15-6-4-7-18(14-15)26-13-5-8-20(23)22(3)16(2)17-9-11-19(12-10-17)27(21,24)25/h4,6-7,9-12,14,16H,5,8,13H2,1-3H3,(H2,21,24,25). The van der Waals surface area contributed by atoms with Crippen LogP contribution in [0.3, 0.4) is 0 Å². The summed E-state index contributed by atoms with van der Waals surface area (Å²) in [5.74, 6) is 0.810. The van der Waals surface area contributed by atoms with Gasteiger partial charge < -0.3 is 9.64 Å². The van der Waals surface area contributed by atoms with E-state index in [-0.39, 0.29) is 16.8 Å². The highest BCUT2D eigenvalue weighted by atomic mass is 32.2. The molecule has 0 radical (unpaired) electrons. The average molecular weight is 391 g/mol. The molecule has 0 fully saturated rings. The van der Waals surface area contributed by atoms with Gasteiger partial charge >= 0.3 is 0 Å². The smallest absolute Gasteiger partial charge is 0.238 e. The Balaban J connectivity index is 1.85. The summed E-state index contributed by atoms with van der Waals surface area (Å²) in [5.41, 5.74) is 1.97. The maximum Gasteiger partial charge on any atom is 0.238 e. The van der Waals surface area contributed by atoms with Crippen LogP contribution in [0.2, 0.25) is 0 Å². The van der Waals surface area contributed by atoms with E-state index in [4.69, 9.17) is 9.88 Å². The molecule has 0 saturated carbocycles. The van der Waals surface area contributed by atoms with Gasteiger partial charge in [0.05, 0.1) is 17.5 Å². The summed E-state index contributed by atoms with van der Waals surface area (Å²) in [7, 11) is -1.98. The molecule has 0 heterocycles. The third-order valence-electron chi connectivity index (χ3n) is 4.46. The lowest BCUT2D eigenvalue weighted by molar-refractivity contribution is -0.132. The number of sulfonamides is 1. The Morgan fingerprint density at radius 2 is 1.85 bits per heavy atom. The average Bonchev–Trinajstić information content (AvgIpc) is 2.63. The molecular formula is C20H26N2O4S. The highest BCUT2D eigenvalue weighted by Crippen LogP contribution is 2.21. The lowest BCUT2D eigenvalue weighted by Gasteiger charge is -2.25. The number of primary sulfonamides is 1. The fourth-order valence-electron chi connectivity index (χ4n) is 2.67. The van der Waals surface area contributed by atoms with Crippen molar-refractivity contribution in [1.29, 1.82) is 0 Å². The van der Waals surface area contributed by atoms with Crippen LogP contribution in [0.4, 0.5) is 0 Å². The number of rotatable bonds is 8. The van der Waals surface area contributed by atoms with Gasteiger partial charge in [0.2, 0.25) is 15.9 Å². The molecule has 1 amide bonds. The van der Waals surface area contributed by atoms with Crippen LogP contribution in [0, 0.1) is 6.92 Å². The van der Waals surface area contributed by atoms with Gasteiger partial charge in [-0.1, -0.05) is 24.3 Å². The molecule has 0 bridgehead atoms. The van der Waals surface area contributed by atoms with Gasteiger partial charge in [0, 0.05) is 13.5 Å². The minimum atomic E-state index is -3.72. The zero-order valence-corrected chi connectivity index (χ0v) is 16.7. The first kappa shape index (κ1) is 20.9. The van der Waals surface area contributed by atoms with Crippen molar-refractivity contribution in [2.45, 2.75) is 37.6 Å². The summed E-state index contributed by atoms with van der Waals surface area (Å²) in [4.78, 5) is 14.1. The lowest BCUT2D eigenvalue weighted by Crippen LogP contribution is -2.29. The van der Waals surface area contributed by atoms with Gasteiger partial charge in [-0.25, -0.2) is 13.6 Å². The largest absolute Gasteiger partial charge is 0.494 e. The van der Waals surface area contributed by atoms with Crippen molar-refractivity contribution in [3.63, 3.8) is 0 Å². The van der Waals surface area contributed by atoms with Crippen molar-refractivity contribution in [2.75, 3.05) is 13.7 Å². The van der Waals surface area contributed by atoms with Crippen molar-refractivity contribution in [1.82, 2.24) is 4.90 Å². The maximum absolute atomic E-state index is 12.4. The van der Waals surface area contributed by atoms with Crippen LogP contribution in [0.15, 0.2) is 53.4 Å². The number of carbonyl (C=O) groups is 1. The van der Waals surface area contributed by atoms with Gasteiger partial charge in [-0.3, -0.25) is 4.79 Å². The van der Waals surface area contributed by atoms with Gasteiger partial charge in [0.15, 0.2) is 0 Å². The molecule has 146 valence electrons. The molecule has 0 aromatic heterocycles. The van der Waals surface area contributed by atoms with Crippen molar-refractivity contribution in [2.24, 2.45) is 5.14 Å². The highest BCUT2D eigenvalue weighted by molar-refractivity contribution is 7.89. The third kappa shape index (κ3) is 6.08. The van der Waals surface area contributed by atoms with Crippen molar-refractivity contribution in [3.8, 4) is 5.75 Å². The molecule has 2 rings (SSSR count). The summed E-state index contributed by atoms with van der Waals surface area (Å²) >= 11 is 0. The van der Waals surface area contributed by atoms with Crippen LogP contribution in [-0.4, -0.2) is 32.9 Å². The van der Waals surface area contributed by atoms with E-state index in [9.17, 15) is 13.2 Å². The number of hydrogen-bond acceptors (Lipinski definition) is 4. The van der Waals surface area contributed by atoms with Crippen molar-refractivity contribution in [3.05, 3.63) is 59.7 Å². The molecule has 0 aliphatic carbocycles. The summed E-state index contributed by atoms with van der Waals surface area (Å²) in [6, 6.07) is 13.9. The van der Waals surface area contributed by atoms with E-state index in [1.807, 2.05) is 38.1 Å². The third-order valence-corrected chi connectivity index (χ3v) is 5.39. The maximum atomic E-state index is 12.4. The zero-order valence-electron chi connectivity index (χ0n) is 15.9. The number of nitrogens with zero attached hydrogens (tertiary/aromatic N) is 1. The zero-order chi connectivity index (χ0) is 20.0. The van der Waals surface area contributed by atoms with Crippen LogP contribution in [-0.2, 0) is 14.8 Å². The molecule has 6 nitrogen and oxygen atoms in total. The quantitative estimate of drug-likeness (QED) is 0.702. The van der Waals surface area contributed by atoms with Crippen LogP contribution in [0.25, 0.3) is 0 Å². The predicted molar refractivity (Wildman–Crippen MR) is 105 cm³/mol. The molecule has 0 aliphatic heterocycles. The Bertz CT molecular complexity index is 879. The first-order valence-corrected chi connectivity index (χ1v) is 10.3. The number of aryl methyl sites for hydroxylation is 1. The normalized spacial score (nSPS) is 12.4. The Kier molecular flexibility index (Phi) is 6.98. The fraction of sp³-hybridized carbons (Fsp3) is 0.350. The van der Waals surface area contributed by atoms with Crippen molar-refractivity contribution < 1.29 is 17.9 Å². The summed E-state index contributed by atoms with van der Waals surface area (Å²) in [6.07, 6.45) is 0.996. The number of ether oxygens (including phenoxy) is 1. The van der Waals surface area contributed by atoms with E-state index >= 15 is 0 Å². The van der Waals surface area contributed by atoms with E-state index < -0.39 is 10.0 Å². The Morgan fingerprint density at radius 1 is 1.19 bits per heavy atom. The molecule has 0 aliphatic rings. The molecule has 7 heteroatoms. The second-order valence-electron chi connectivity index (χ2n) is 6.56. The van der Waals surface area contributed by atoms with E-state index in [1.165, 1.54) is 12.1 Å². The van der Waals surface area contributed by atoms with E-state index in [2.05, 4.69) is 0 Å². The number of carbonyl (C=O) groups excluding carboxylic acids is 1. The molecule has 27 heavy (non-hydrogen) atoms. The second-order valence-corrected chi connectivity index (χ2v) is 8.12. The molecule has 2 aromatic carbocycles. The topological polar surface area (TPSA) is 89.7 Å². The molecule has 2 N–H and O–H groups in total. The van der Waals surface area contributed by atoms with Crippen LogP contribution in [0.1, 0.15) is 36.9 Å². The van der Waals surface area contributed by atoms with E-state index in [0.29, 0.717) is 19.4 Å². The van der Waals surface area contributed by atoms with Gasteiger partial charge in [-0.05, 0) is 55.7 Å². The predicted octanol–water partition coefficient (Wildman–Crippen LogP) is 3.02. The molecule has 2 aromatic rings. The van der Waals surface area contributed by atoms with Gasteiger partial charge in [0.25, 0.3) is 0 Å². The first-order valence-electron chi connectivity index (χ1n) is 8.76. The van der Waals surface area contributed by atoms with Gasteiger partial charge in [-0.15, -0.1) is 0 Å². The van der Waals surface area contributed by atoms with Gasteiger partial charge in [-0.2, -0.15) is 0 Å². The fourth-order valence-corrected chi connectivity index (χ4v) is 3.19. The van der Waals surface area contributed by atoms with Crippen LogP contribution < -0.4 is 9.88 Å². The van der Waals surface area contributed by atoms with E-state index in [1.54, 1.807) is 24.1 Å². The molecular weight excluding hydrogens is 364 g/mol. The monoisotopic (exact) mass is 390 g/mol. The first-order chi connectivity index (χ1) is 12.7. The minimum Gasteiger partial charge on any atom is -0.494 e.